The molecule has 0 saturated heterocycles. The van der Waals surface area contributed by atoms with Crippen LogP contribution in [0, 0.1) is 0 Å². The number of hydrogen-bond donors (Lipinski definition) is 0. The van der Waals surface area contributed by atoms with E-state index in [-0.39, 0.29) is 0 Å². The molecular formula is C34H29P. The van der Waals surface area contributed by atoms with Gasteiger partial charge in [-0.3, -0.25) is 0 Å². The summed E-state index contributed by atoms with van der Waals surface area (Å²) in [7, 11) is -0.598. The quantitative estimate of drug-likeness (QED) is 0.249. The minimum absolute atomic E-state index is 0.598. The molecule has 5 aromatic carbocycles. The Kier molecular flexibility index (Phi) is 6.31. The van der Waals surface area contributed by atoms with Gasteiger partial charge in [-0.05, 0) is 82.9 Å². The molecule has 35 heavy (non-hydrogen) atoms. The number of benzene rings is 5. The van der Waals surface area contributed by atoms with E-state index in [1.165, 1.54) is 49.3 Å². The molecule has 0 fully saturated rings. The summed E-state index contributed by atoms with van der Waals surface area (Å²) in [6.45, 7) is 0. The van der Waals surface area contributed by atoms with Crippen LogP contribution in [0.1, 0.15) is 22.3 Å². The zero-order chi connectivity index (χ0) is 23.5. The maximum atomic E-state index is 2.52. The second-order valence-corrected chi connectivity index (χ2v) is 11.5. The minimum Gasteiger partial charge on any atom is -0.0622 e. The van der Waals surface area contributed by atoms with E-state index in [2.05, 4.69) is 127 Å². The molecule has 0 aromatic heterocycles. The predicted molar refractivity (Wildman–Crippen MR) is 152 cm³/mol. The number of hydrogen-bond acceptors (Lipinski definition) is 0. The lowest BCUT2D eigenvalue weighted by Crippen LogP contribution is -2.24. The van der Waals surface area contributed by atoms with Gasteiger partial charge in [0.25, 0.3) is 0 Å². The molecular weight excluding hydrogens is 439 g/mol. The molecule has 0 amide bonds. The molecule has 0 N–H and O–H groups in total. The van der Waals surface area contributed by atoms with Gasteiger partial charge in [0.1, 0.15) is 0 Å². The number of aryl methyl sites for hydroxylation is 4. The molecule has 0 radical (unpaired) electrons. The first-order valence-electron chi connectivity index (χ1n) is 12.5. The van der Waals surface area contributed by atoms with Crippen molar-refractivity contribution in [3.8, 4) is 11.1 Å². The molecule has 4 aliphatic rings. The lowest BCUT2D eigenvalue weighted by Gasteiger charge is -2.24. The summed E-state index contributed by atoms with van der Waals surface area (Å²) in [5.74, 6) is 0. The molecule has 1 heteroatoms. The highest BCUT2D eigenvalue weighted by atomic mass is 31.1. The molecule has 0 spiro atoms. The van der Waals surface area contributed by atoms with E-state index < -0.39 is 7.92 Å². The highest BCUT2D eigenvalue weighted by Gasteiger charge is 2.21. The van der Waals surface area contributed by atoms with Gasteiger partial charge in [0.2, 0.25) is 0 Å². The van der Waals surface area contributed by atoms with Crippen LogP contribution in [0.15, 0.2) is 127 Å². The van der Waals surface area contributed by atoms with Gasteiger partial charge in [-0.2, -0.15) is 0 Å². The average molecular weight is 469 g/mol. The van der Waals surface area contributed by atoms with Gasteiger partial charge in [-0.15, -0.1) is 0 Å². The summed E-state index contributed by atoms with van der Waals surface area (Å²) in [4.78, 5) is 0. The predicted octanol–water partition coefficient (Wildman–Crippen LogP) is 7.00. The summed E-state index contributed by atoms with van der Waals surface area (Å²) in [5, 5.41) is 4.37. The molecule has 0 aliphatic heterocycles. The molecule has 0 unspecified atom stereocenters. The standard InChI is InChI=1S/C34H29P/c1-4-10-28(11-5-1)33-24-26-16-20-29(33)21-17-27-19-23-30(22-18-26)34(25-27)35(31-12-6-2-7-13-31)32-14-8-3-9-15-32/h1-16,19-20,23-25H,17-18,21-22H2. The van der Waals surface area contributed by atoms with Crippen LogP contribution in [0.4, 0.5) is 0 Å². The Morgan fingerprint density at radius 2 is 0.943 bits per heavy atom. The summed E-state index contributed by atoms with van der Waals surface area (Å²) in [6.07, 6.45) is 4.22. The topological polar surface area (TPSA) is 0 Å². The van der Waals surface area contributed by atoms with Crippen molar-refractivity contribution in [1.82, 2.24) is 0 Å². The van der Waals surface area contributed by atoms with Gasteiger partial charge in [0.05, 0.1) is 0 Å². The van der Waals surface area contributed by atoms with Gasteiger partial charge in [0.15, 0.2) is 0 Å². The van der Waals surface area contributed by atoms with Crippen molar-refractivity contribution >= 4 is 23.8 Å². The van der Waals surface area contributed by atoms with Crippen LogP contribution in [0.2, 0.25) is 0 Å². The van der Waals surface area contributed by atoms with E-state index in [9.17, 15) is 0 Å². The van der Waals surface area contributed by atoms with E-state index in [0.717, 1.165) is 25.7 Å². The zero-order valence-corrected chi connectivity index (χ0v) is 20.8. The summed E-state index contributed by atoms with van der Waals surface area (Å²) in [5.41, 5.74) is 8.51. The molecule has 0 atom stereocenters. The fourth-order valence-corrected chi connectivity index (χ4v) is 7.77. The summed E-state index contributed by atoms with van der Waals surface area (Å²) < 4.78 is 0. The van der Waals surface area contributed by atoms with Crippen LogP contribution >= 0.6 is 7.92 Å². The van der Waals surface area contributed by atoms with Crippen LogP contribution in [0.5, 0.6) is 0 Å². The third-order valence-corrected chi connectivity index (χ3v) is 9.57. The molecule has 4 bridgehead atoms. The average Bonchev–Trinajstić information content (AvgIpc) is 2.92. The van der Waals surface area contributed by atoms with E-state index in [4.69, 9.17) is 0 Å². The molecule has 170 valence electrons. The van der Waals surface area contributed by atoms with E-state index in [0.29, 0.717) is 0 Å². The first-order valence-corrected chi connectivity index (χ1v) is 13.9. The van der Waals surface area contributed by atoms with Crippen molar-refractivity contribution in [2.45, 2.75) is 25.7 Å². The maximum Gasteiger partial charge on any atom is -0.0116 e. The van der Waals surface area contributed by atoms with Crippen molar-refractivity contribution in [2.75, 3.05) is 0 Å². The van der Waals surface area contributed by atoms with E-state index >= 15 is 0 Å². The highest BCUT2D eigenvalue weighted by molar-refractivity contribution is 7.79. The monoisotopic (exact) mass is 468 g/mol. The van der Waals surface area contributed by atoms with Crippen molar-refractivity contribution in [3.05, 3.63) is 150 Å². The smallest absolute Gasteiger partial charge is 0.0116 e. The van der Waals surface area contributed by atoms with Crippen LogP contribution in [-0.4, -0.2) is 0 Å². The lowest BCUT2D eigenvalue weighted by molar-refractivity contribution is 0.929. The lowest BCUT2D eigenvalue weighted by atomic mass is 9.90. The van der Waals surface area contributed by atoms with Gasteiger partial charge in [-0.1, -0.05) is 127 Å². The Balaban J connectivity index is 1.44. The van der Waals surface area contributed by atoms with Gasteiger partial charge in [0, 0.05) is 0 Å². The molecule has 9 rings (SSSR count). The summed E-state index contributed by atoms with van der Waals surface area (Å²) >= 11 is 0. The second-order valence-electron chi connectivity index (χ2n) is 9.33. The molecule has 4 aliphatic carbocycles. The van der Waals surface area contributed by atoms with Crippen molar-refractivity contribution in [1.29, 1.82) is 0 Å². The maximum absolute atomic E-state index is 2.52. The molecule has 0 saturated carbocycles. The van der Waals surface area contributed by atoms with Crippen molar-refractivity contribution in [2.24, 2.45) is 0 Å². The second kappa shape index (κ2) is 10.0. The molecule has 5 aromatic rings. The van der Waals surface area contributed by atoms with Crippen LogP contribution in [0.25, 0.3) is 11.1 Å². The fourth-order valence-electron chi connectivity index (χ4n) is 5.21. The van der Waals surface area contributed by atoms with E-state index in [1.54, 1.807) is 0 Å². The molecule has 0 nitrogen and oxygen atoms in total. The Bertz CT molecular complexity index is 1380. The van der Waals surface area contributed by atoms with Crippen molar-refractivity contribution in [3.63, 3.8) is 0 Å². The first-order chi connectivity index (χ1) is 17.3. The van der Waals surface area contributed by atoms with Crippen LogP contribution < -0.4 is 15.9 Å². The van der Waals surface area contributed by atoms with Gasteiger partial charge in [-0.25, -0.2) is 0 Å². The van der Waals surface area contributed by atoms with E-state index in [1.807, 2.05) is 0 Å². The highest BCUT2D eigenvalue weighted by Crippen LogP contribution is 2.36. The normalized spacial score (nSPS) is 12.9. The zero-order valence-electron chi connectivity index (χ0n) is 19.9. The number of rotatable bonds is 4. The Morgan fingerprint density at radius 1 is 0.429 bits per heavy atom. The van der Waals surface area contributed by atoms with Gasteiger partial charge >= 0.3 is 0 Å². The summed E-state index contributed by atoms with van der Waals surface area (Å²) in [6, 6.07) is 47.6. The fraction of sp³-hybridized carbons (Fsp3) is 0.118. The third-order valence-electron chi connectivity index (χ3n) is 7.04. The van der Waals surface area contributed by atoms with Crippen LogP contribution in [0.3, 0.4) is 0 Å². The minimum atomic E-state index is -0.598. The molecule has 0 heterocycles. The van der Waals surface area contributed by atoms with Crippen molar-refractivity contribution < 1.29 is 0 Å². The third kappa shape index (κ3) is 4.72. The Hall–Kier alpha value is -3.47. The first kappa shape index (κ1) is 22.0. The Morgan fingerprint density at radius 3 is 1.57 bits per heavy atom. The van der Waals surface area contributed by atoms with Crippen LogP contribution in [-0.2, 0) is 25.7 Å². The SMILES string of the molecule is c1ccc(-c2cc3ccc2CCc2ccc(c(P(c4ccccc4)c4ccccc4)c2)CC3)cc1. The Labute approximate surface area is 210 Å². The van der Waals surface area contributed by atoms with Gasteiger partial charge < -0.3 is 0 Å². The largest absolute Gasteiger partial charge is 0.0622 e.